The molecule has 2 N–H and O–H groups in total. The maximum atomic E-state index is 12.1. The van der Waals surface area contributed by atoms with Gasteiger partial charge in [-0.05, 0) is 64.1 Å². The third-order valence-electron chi connectivity index (χ3n) is 4.86. The van der Waals surface area contributed by atoms with Crippen LogP contribution in [0.5, 0.6) is 0 Å². The Morgan fingerprint density at radius 3 is 3.04 bits per heavy atom. The average molecular weight is 367 g/mol. The molecule has 2 aromatic heterocycles. The van der Waals surface area contributed by atoms with Gasteiger partial charge in [0.2, 0.25) is 5.91 Å². The maximum absolute atomic E-state index is 12.1. The smallest absolute Gasteiger partial charge is 0.252 e. The maximum Gasteiger partial charge on any atom is 0.252 e. The minimum absolute atomic E-state index is 0. The summed E-state index contributed by atoms with van der Waals surface area (Å²) >= 11 is 0. The van der Waals surface area contributed by atoms with Crippen molar-refractivity contribution in [2.24, 2.45) is 5.92 Å². The standard InChI is InChI=1S/C17H26N6O.ClH/c1-12-15(13(2)23-17(22-12)20-11-21-23)5-6-16(24)19-9-7-14-4-3-8-18-10-14;/h11,14,18H,3-10H2,1-2H3,(H,19,24);1H. The number of amides is 1. The number of piperidine rings is 1. The normalized spacial score (nSPS) is 17.3. The topological polar surface area (TPSA) is 84.2 Å². The molecule has 0 aromatic carbocycles. The SMILES string of the molecule is Cc1nc2ncnn2c(C)c1CCC(=O)NCCC1CCCNC1.Cl. The second kappa shape index (κ2) is 9.10. The summed E-state index contributed by atoms with van der Waals surface area (Å²) in [5, 5.41) is 10.6. The first kappa shape index (κ1) is 19.6. The summed E-state index contributed by atoms with van der Waals surface area (Å²) in [7, 11) is 0. The molecule has 8 heteroatoms. The van der Waals surface area contributed by atoms with E-state index in [4.69, 9.17) is 0 Å². The molecule has 2 aromatic rings. The van der Waals surface area contributed by atoms with E-state index < -0.39 is 0 Å². The van der Waals surface area contributed by atoms with Crippen LogP contribution in [0.1, 0.15) is 42.6 Å². The van der Waals surface area contributed by atoms with Crippen LogP contribution in [0.3, 0.4) is 0 Å². The molecule has 1 unspecified atom stereocenters. The molecule has 1 fully saturated rings. The summed E-state index contributed by atoms with van der Waals surface area (Å²) in [5.41, 5.74) is 3.02. The second-order valence-electron chi connectivity index (χ2n) is 6.58. The molecule has 1 atom stereocenters. The highest BCUT2D eigenvalue weighted by molar-refractivity contribution is 5.85. The minimum atomic E-state index is 0. The van der Waals surface area contributed by atoms with Crippen LogP contribution in [0.15, 0.2) is 6.33 Å². The van der Waals surface area contributed by atoms with Gasteiger partial charge in [-0.15, -0.1) is 12.4 Å². The van der Waals surface area contributed by atoms with Crippen molar-refractivity contribution in [1.29, 1.82) is 0 Å². The van der Waals surface area contributed by atoms with Crippen molar-refractivity contribution in [3.63, 3.8) is 0 Å². The van der Waals surface area contributed by atoms with Crippen molar-refractivity contribution in [3.8, 4) is 0 Å². The number of nitrogens with zero attached hydrogens (tertiary/aromatic N) is 4. The summed E-state index contributed by atoms with van der Waals surface area (Å²) in [6.45, 7) is 6.94. The molecule has 1 saturated heterocycles. The molecule has 0 bridgehead atoms. The summed E-state index contributed by atoms with van der Waals surface area (Å²) in [5.74, 6) is 1.41. The third kappa shape index (κ3) is 4.89. The first-order valence-corrected chi connectivity index (χ1v) is 8.78. The number of carbonyl (C=O) groups is 1. The molecule has 1 amide bonds. The Bertz CT molecular complexity index is 710. The Hall–Kier alpha value is -1.73. The number of aromatic nitrogens is 4. The van der Waals surface area contributed by atoms with E-state index in [0.29, 0.717) is 24.5 Å². The molecule has 3 heterocycles. The lowest BCUT2D eigenvalue weighted by atomic mass is 9.96. The van der Waals surface area contributed by atoms with Crippen LogP contribution in [-0.4, -0.2) is 45.1 Å². The highest BCUT2D eigenvalue weighted by atomic mass is 35.5. The quantitative estimate of drug-likeness (QED) is 0.811. The summed E-state index contributed by atoms with van der Waals surface area (Å²) in [6.07, 6.45) is 6.23. The molecule has 7 nitrogen and oxygen atoms in total. The lowest BCUT2D eigenvalue weighted by Crippen LogP contribution is -2.33. The van der Waals surface area contributed by atoms with Gasteiger partial charge in [0.05, 0.1) is 0 Å². The number of rotatable bonds is 6. The Morgan fingerprint density at radius 1 is 1.44 bits per heavy atom. The highest BCUT2D eigenvalue weighted by Gasteiger charge is 2.14. The van der Waals surface area contributed by atoms with E-state index >= 15 is 0 Å². The van der Waals surface area contributed by atoms with Gasteiger partial charge >= 0.3 is 0 Å². The van der Waals surface area contributed by atoms with Crippen molar-refractivity contribution in [2.75, 3.05) is 19.6 Å². The van der Waals surface area contributed by atoms with Gasteiger partial charge in [0, 0.05) is 24.4 Å². The summed E-state index contributed by atoms with van der Waals surface area (Å²) in [4.78, 5) is 20.7. The number of carbonyl (C=O) groups excluding carboxylic acids is 1. The first-order valence-electron chi connectivity index (χ1n) is 8.78. The molecule has 1 aliphatic heterocycles. The Morgan fingerprint density at radius 2 is 2.28 bits per heavy atom. The van der Waals surface area contributed by atoms with Gasteiger partial charge in [-0.1, -0.05) is 0 Å². The summed E-state index contributed by atoms with van der Waals surface area (Å²) in [6, 6.07) is 0. The summed E-state index contributed by atoms with van der Waals surface area (Å²) < 4.78 is 1.73. The predicted octanol–water partition coefficient (Wildman–Crippen LogP) is 1.60. The van der Waals surface area contributed by atoms with Crippen molar-refractivity contribution in [2.45, 2.75) is 46.0 Å². The van der Waals surface area contributed by atoms with Crippen molar-refractivity contribution >= 4 is 24.1 Å². The van der Waals surface area contributed by atoms with Crippen LogP contribution in [0, 0.1) is 19.8 Å². The van der Waals surface area contributed by atoms with Gasteiger partial charge in [-0.25, -0.2) is 9.50 Å². The van der Waals surface area contributed by atoms with Crippen LogP contribution in [-0.2, 0) is 11.2 Å². The first-order chi connectivity index (χ1) is 11.6. The Labute approximate surface area is 154 Å². The molecule has 138 valence electrons. The monoisotopic (exact) mass is 366 g/mol. The highest BCUT2D eigenvalue weighted by Crippen LogP contribution is 2.15. The van der Waals surface area contributed by atoms with Crippen LogP contribution in [0.2, 0.25) is 0 Å². The molecule has 0 radical (unpaired) electrons. The number of aryl methyl sites for hydroxylation is 2. The number of hydrogen-bond donors (Lipinski definition) is 2. The van der Waals surface area contributed by atoms with Crippen molar-refractivity contribution < 1.29 is 4.79 Å². The van der Waals surface area contributed by atoms with Crippen LogP contribution < -0.4 is 10.6 Å². The second-order valence-corrected chi connectivity index (χ2v) is 6.58. The van der Waals surface area contributed by atoms with Gasteiger partial charge in [0.15, 0.2) is 0 Å². The van der Waals surface area contributed by atoms with Crippen LogP contribution in [0.25, 0.3) is 5.78 Å². The van der Waals surface area contributed by atoms with E-state index in [1.165, 1.54) is 19.2 Å². The largest absolute Gasteiger partial charge is 0.356 e. The van der Waals surface area contributed by atoms with Crippen LogP contribution in [0.4, 0.5) is 0 Å². The fraction of sp³-hybridized carbons (Fsp3) is 0.647. The van der Waals surface area contributed by atoms with Crippen molar-refractivity contribution in [3.05, 3.63) is 23.3 Å². The van der Waals surface area contributed by atoms with E-state index in [9.17, 15) is 4.79 Å². The number of fused-ring (bicyclic) bond motifs is 1. The molecular weight excluding hydrogens is 340 g/mol. The van der Waals surface area contributed by atoms with E-state index in [1.807, 2.05) is 13.8 Å². The number of halogens is 1. The molecule has 1 aliphatic rings. The zero-order valence-corrected chi connectivity index (χ0v) is 15.7. The number of nitrogens with one attached hydrogen (secondary N) is 2. The number of hydrogen-bond acceptors (Lipinski definition) is 5. The minimum Gasteiger partial charge on any atom is -0.356 e. The predicted molar refractivity (Wildman–Crippen MR) is 99.0 cm³/mol. The average Bonchev–Trinajstić information content (AvgIpc) is 3.04. The molecular formula is C17H27ClN6O. The fourth-order valence-electron chi connectivity index (χ4n) is 3.43. The fourth-order valence-corrected chi connectivity index (χ4v) is 3.43. The Kier molecular flexibility index (Phi) is 7.13. The van der Waals surface area contributed by atoms with Gasteiger partial charge in [0.1, 0.15) is 6.33 Å². The van der Waals surface area contributed by atoms with Gasteiger partial charge in [-0.3, -0.25) is 4.79 Å². The van der Waals surface area contributed by atoms with Gasteiger partial charge < -0.3 is 10.6 Å². The van der Waals surface area contributed by atoms with Gasteiger partial charge in [0.25, 0.3) is 5.78 Å². The molecule has 0 aliphatic carbocycles. The zero-order valence-electron chi connectivity index (χ0n) is 14.9. The lowest BCUT2D eigenvalue weighted by Gasteiger charge is -2.22. The molecule has 0 saturated carbocycles. The molecule has 0 spiro atoms. The van der Waals surface area contributed by atoms with E-state index in [0.717, 1.165) is 43.0 Å². The van der Waals surface area contributed by atoms with E-state index in [2.05, 4.69) is 25.7 Å². The van der Waals surface area contributed by atoms with E-state index in [1.54, 1.807) is 4.52 Å². The third-order valence-corrected chi connectivity index (χ3v) is 4.86. The molecule has 25 heavy (non-hydrogen) atoms. The van der Waals surface area contributed by atoms with Gasteiger partial charge in [-0.2, -0.15) is 10.1 Å². The zero-order chi connectivity index (χ0) is 16.9. The molecule has 3 rings (SSSR count). The lowest BCUT2D eigenvalue weighted by molar-refractivity contribution is -0.121. The van der Waals surface area contributed by atoms with Crippen molar-refractivity contribution in [1.82, 2.24) is 30.2 Å². The van der Waals surface area contributed by atoms with E-state index in [-0.39, 0.29) is 18.3 Å². The van der Waals surface area contributed by atoms with Crippen LogP contribution >= 0.6 is 12.4 Å². The Balaban J connectivity index is 0.00000225.